The van der Waals surface area contributed by atoms with E-state index < -0.39 is 24.4 Å². The van der Waals surface area contributed by atoms with Crippen LogP contribution in [0.25, 0.3) is 0 Å². The number of nitrogens with two attached hydrogens (primary N) is 2. The van der Waals surface area contributed by atoms with Crippen LogP contribution >= 0.6 is 11.8 Å². The van der Waals surface area contributed by atoms with E-state index >= 15 is 0 Å². The van der Waals surface area contributed by atoms with Gasteiger partial charge in [0.2, 0.25) is 10.0 Å². The predicted octanol–water partition coefficient (Wildman–Crippen LogP) is -0.266. The van der Waals surface area contributed by atoms with Gasteiger partial charge in [-0.15, -0.1) is 0 Å². The zero-order chi connectivity index (χ0) is 13.0. The lowest BCUT2D eigenvalue weighted by molar-refractivity contribution is 0.601. The van der Waals surface area contributed by atoms with E-state index in [1.807, 2.05) is 0 Å². The molecule has 0 amide bonds. The molecule has 0 radical (unpaired) electrons. The van der Waals surface area contributed by atoms with Crippen LogP contribution in [-0.4, -0.2) is 21.4 Å². The first-order valence-electron chi connectivity index (χ1n) is 4.47. The summed E-state index contributed by atoms with van der Waals surface area (Å²) in [6.45, 7) is 1.45. The zero-order valence-corrected chi connectivity index (χ0v) is 11.2. The van der Waals surface area contributed by atoms with Gasteiger partial charge in [0.05, 0.1) is 5.70 Å². The van der Waals surface area contributed by atoms with Crippen molar-refractivity contribution in [2.24, 2.45) is 10.9 Å². The second-order valence-electron chi connectivity index (χ2n) is 3.64. The molecule has 1 unspecified atom stereocenters. The fourth-order valence-corrected chi connectivity index (χ4v) is 6.15. The molecule has 0 spiro atoms. The molecule has 2 aliphatic rings. The van der Waals surface area contributed by atoms with Gasteiger partial charge in [0, 0.05) is 10.5 Å². The van der Waals surface area contributed by atoms with Crippen LogP contribution in [0.1, 0.15) is 6.92 Å². The Morgan fingerprint density at radius 3 is 2.47 bits per heavy atom. The van der Waals surface area contributed by atoms with Crippen molar-refractivity contribution in [3.8, 4) is 0 Å². The van der Waals surface area contributed by atoms with Crippen molar-refractivity contribution >= 4 is 31.6 Å². The van der Waals surface area contributed by atoms with Gasteiger partial charge in [0.1, 0.15) is 8.82 Å². The summed E-state index contributed by atoms with van der Waals surface area (Å²) in [5.41, 5.74) is 5.83. The normalized spacial score (nSPS) is 27.5. The highest BCUT2D eigenvalue weighted by atomic mass is 32.3. The number of sulfonamides is 1. The van der Waals surface area contributed by atoms with Gasteiger partial charge in [-0.25, -0.2) is 22.0 Å². The van der Waals surface area contributed by atoms with Crippen molar-refractivity contribution in [2.75, 3.05) is 0 Å². The molecule has 4 N–H and O–H groups in total. The van der Waals surface area contributed by atoms with E-state index in [4.69, 9.17) is 10.9 Å². The Hall–Kier alpha value is -0.770. The van der Waals surface area contributed by atoms with E-state index in [1.165, 1.54) is 19.1 Å². The lowest BCUT2D eigenvalue weighted by Crippen LogP contribution is -2.22. The van der Waals surface area contributed by atoms with Crippen LogP contribution in [0.4, 0.5) is 0 Å². The standard InChI is InChI=1S/C8H10N2O4S3/c1-4-2-3-5-6(9)8(17(10,13)14)15-7(5)16(4,11)12/h2-3,7H,9H2,1H3,(H2,10,13,14). The average molecular weight is 294 g/mol. The summed E-state index contributed by atoms with van der Waals surface area (Å²) in [6, 6.07) is 0. The van der Waals surface area contributed by atoms with E-state index in [2.05, 4.69) is 0 Å². The lowest BCUT2D eigenvalue weighted by Gasteiger charge is -2.17. The predicted molar refractivity (Wildman–Crippen MR) is 66.5 cm³/mol. The number of rotatable bonds is 1. The van der Waals surface area contributed by atoms with Crippen molar-refractivity contribution < 1.29 is 16.8 Å². The Bertz CT molecular complexity index is 682. The third-order valence-electron chi connectivity index (χ3n) is 2.49. The van der Waals surface area contributed by atoms with E-state index in [0.717, 1.165) is 0 Å². The number of primary sulfonamides is 1. The molecule has 0 bridgehead atoms. The van der Waals surface area contributed by atoms with Crippen LogP contribution < -0.4 is 10.9 Å². The molecule has 94 valence electrons. The Morgan fingerprint density at radius 2 is 1.94 bits per heavy atom. The van der Waals surface area contributed by atoms with E-state index in [1.54, 1.807) is 0 Å². The molecule has 0 fully saturated rings. The minimum Gasteiger partial charge on any atom is -0.397 e. The Balaban J connectivity index is 2.64. The number of fused-ring (bicyclic) bond motifs is 1. The average Bonchev–Trinajstić information content (AvgIpc) is 2.51. The topological polar surface area (TPSA) is 120 Å². The molecule has 0 aromatic rings. The summed E-state index contributed by atoms with van der Waals surface area (Å²) in [5.74, 6) is 0. The second-order valence-corrected chi connectivity index (χ2v) is 9.02. The summed E-state index contributed by atoms with van der Waals surface area (Å²) in [4.78, 5) is 0.183. The van der Waals surface area contributed by atoms with Crippen LogP contribution in [0.2, 0.25) is 0 Å². The molecule has 9 heteroatoms. The zero-order valence-electron chi connectivity index (χ0n) is 8.74. The van der Waals surface area contributed by atoms with Gasteiger partial charge in [0.25, 0.3) is 0 Å². The summed E-state index contributed by atoms with van der Waals surface area (Å²) < 4.78 is 45.2. The van der Waals surface area contributed by atoms with Gasteiger partial charge in [0.15, 0.2) is 9.84 Å². The van der Waals surface area contributed by atoms with Crippen LogP contribution in [-0.2, 0) is 19.9 Å². The third kappa shape index (κ3) is 1.82. The summed E-state index contributed by atoms with van der Waals surface area (Å²) in [6.07, 6.45) is 2.92. The molecular weight excluding hydrogens is 284 g/mol. The quantitative estimate of drug-likeness (QED) is 0.687. The molecule has 17 heavy (non-hydrogen) atoms. The van der Waals surface area contributed by atoms with Crippen molar-refractivity contribution in [2.45, 2.75) is 11.5 Å². The van der Waals surface area contributed by atoms with Crippen LogP contribution in [0.5, 0.6) is 0 Å². The van der Waals surface area contributed by atoms with Crippen molar-refractivity contribution in [3.05, 3.63) is 32.6 Å². The maximum Gasteiger partial charge on any atom is 0.246 e. The molecule has 0 saturated heterocycles. The van der Waals surface area contributed by atoms with E-state index in [0.29, 0.717) is 11.8 Å². The Morgan fingerprint density at radius 1 is 1.35 bits per heavy atom. The number of sulfone groups is 1. The second kappa shape index (κ2) is 3.61. The Kier molecular flexibility index (Phi) is 2.69. The number of allylic oxidation sites excluding steroid dienone is 4. The molecule has 0 aromatic heterocycles. The first-order chi connectivity index (χ1) is 7.65. The lowest BCUT2D eigenvalue weighted by atomic mass is 10.2. The van der Waals surface area contributed by atoms with Gasteiger partial charge in [-0.05, 0) is 13.0 Å². The fraction of sp³-hybridized carbons (Fsp3) is 0.250. The van der Waals surface area contributed by atoms with Gasteiger partial charge in [-0.1, -0.05) is 17.8 Å². The molecular formula is C8H10N2O4S3. The fourth-order valence-electron chi connectivity index (χ4n) is 1.56. The third-order valence-corrected chi connectivity index (χ3v) is 8.01. The molecule has 1 atom stereocenters. The largest absolute Gasteiger partial charge is 0.397 e. The highest BCUT2D eigenvalue weighted by molar-refractivity contribution is 8.25. The molecule has 0 saturated carbocycles. The van der Waals surface area contributed by atoms with Crippen molar-refractivity contribution in [1.82, 2.24) is 0 Å². The van der Waals surface area contributed by atoms with Gasteiger partial charge < -0.3 is 5.73 Å². The summed E-state index contributed by atoms with van der Waals surface area (Å²) in [7, 11) is -7.54. The highest BCUT2D eigenvalue weighted by Gasteiger charge is 2.43. The Labute approximate surface area is 103 Å². The monoisotopic (exact) mass is 294 g/mol. The van der Waals surface area contributed by atoms with E-state index in [-0.39, 0.29) is 20.4 Å². The summed E-state index contributed by atoms with van der Waals surface area (Å²) >= 11 is 0.665. The molecule has 6 nitrogen and oxygen atoms in total. The molecule has 0 aliphatic carbocycles. The van der Waals surface area contributed by atoms with Crippen LogP contribution in [0, 0.1) is 0 Å². The van der Waals surface area contributed by atoms with Crippen molar-refractivity contribution in [3.63, 3.8) is 0 Å². The van der Waals surface area contributed by atoms with Crippen LogP contribution in [0.15, 0.2) is 32.6 Å². The van der Waals surface area contributed by atoms with E-state index in [9.17, 15) is 16.8 Å². The minimum atomic E-state index is -3.99. The molecule has 2 aliphatic heterocycles. The maximum absolute atomic E-state index is 12.0. The number of hydrogen-bond acceptors (Lipinski definition) is 6. The highest BCUT2D eigenvalue weighted by Crippen LogP contribution is 2.47. The molecule has 0 aromatic carbocycles. The van der Waals surface area contributed by atoms with Gasteiger partial charge in [-0.2, -0.15) is 0 Å². The van der Waals surface area contributed by atoms with Gasteiger partial charge >= 0.3 is 0 Å². The number of hydrogen-bond donors (Lipinski definition) is 2. The SMILES string of the molecule is CC1=CC=C2C(N)=C(S(N)(=O)=O)SC2S1(=O)=O. The number of thioether (sulfide) groups is 1. The summed E-state index contributed by atoms with van der Waals surface area (Å²) in [5, 5.41) is 4.98. The first kappa shape index (κ1) is 12.7. The minimum absolute atomic E-state index is 0.0742. The molecule has 2 rings (SSSR count). The first-order valence-corrected chi connectivity index (χ1v) is 8.45. The maximum atomic E-state index is 12.0. The molecule has 2 heterocycles. The van der Waals surface area contributed by atoms with Crippen LogP contribution in [0.3, 0.4) is 0 Å². The van der Waals surface area contributed by atoms with Gasteiger partial charge in [-0.3, -0.25) is 0 Å². The van der Waals surface area contributed by atoms with Crippen molar-refractivity contribution in [1.29, 1.82) is 0 Å². The smallest absolute Gasteiger partial charge is 0.246 e.